The molecule has 0 radical (unpaired) electrons. The second-order valence-corrected chi connectivity index (χ2v) is 9.01. The quantitative estimate of drug-likeness (QED) is 0.483. The largest absolute Gasteiger partial charge is 0.497 e. The minimum atomic E-state index is -3.79. The molecule has 0 spiro atoms. The van der Waals surface area contributed by atoms with Gasteiger partial charge in [0.2, 0.25) is 0 Å². The molecule has 6 nitrogen and oxygen atoms in total. The SMILES string of the molecule is COc1cccc(C(=O)NCCCN(c2ccccc2)S(=O)(=O)c2ccc(Cl)cc2)c1. The van der Waals surface area contributed by atoms with E-state index >= 15 is 0 Å². The van der Waals surface area contributed by atoms with Crippen molar-refractivity contribution in [1.29, 1.82) is 0 Å². The standard InChI is InChI=1S/C23H23ClN2O4S/c1-30-21-10-5-7-18(17-21)23(27)25-15-6-16-26(20-8-3-2-4-9-20)31(28,29)22-13-11-19(24)12-14-22/h2-5,7-14,17H,6,15-16H2,1H3,(H,25,27). The second kappa shape index (κ2) is 10.3. The van der Waals surface area contributed by atoms with Gasteiger partial charge in [-0.25, -0.2) is 8.42 Å². The maximum absolute atomic E-state index is 13.2. The summed E-state index contributed by atoms with van der Waals surface area (Å²) in [6.45, 7) is 0.517. The zero-order chi connectivity index (χ0) is 22.3. The molecule has 0 fully saturated rings. The van der Waals surface area contributed by atoms with Gasteiger partial charge < -0.3 is 10.1 Å². The topological polar surface area (TPSA) is 75.7 Å². The third-order valence-electron chi connectivity index (χ3n) is 4.60. The number of benzene rings is 3. The average Bonchev–Trinajstić information content (AvgIpc) is 2.79. The minimum absolute atomic E-state index is 0.154. The fourth-order valence-electron chi connectivity index (χ4n) is 3.01. The molecule has 3 aromatic carbocycles. The summed E-state index contributed by atoms with van der Waals surface area (Å²) in [5, 5.41) is 3.29. The van der Waals surface area contributed by atoms with Gasteiger partial charge in [-0.3, -0.25) is 9.10 Å². The van der Waals surface area contributed by atoms with Gasteiger partial charge in [-0.2, -0.15) is 0 Å². The lowest BCUT2D eigenvalue weighted by molar-refractivity contribution is 0.0953. The van der Waals surface area contributed by atoms with Crippen LogP contribution in [-0.2, 0) is 10.0 Å². The maximum atomic E-state index is 13.2. The van der Waals surface area contributed by atoms with E-state index in [0.29, 0.717) is 35.0 Å². The molecule has 0 bridgehead atoms. The maximum Gasteiger partial charge on any atom is 0.264 e. The number of amides is 1. The summed E-state index contributed by atoms with van der Waals surface area (Å²) in [6, 6.07) is 21.8. The van der Waals surface area contributed by atoms with Gasteiger partial charge in [0.15, 0.2) is 0 Å². The van der Waals surface area contributed by atoms with Crippen molar-refractivity contribution in [2.75, 3.05) is 24.5 Å². The lowest BCUT2D eigenvalue weighted by Gasteiger charge is -2.24. The Hall–Kier alpha value is -3.03. The van der Waals surface area contributed by atoms with E-state index in [0.717, 1.165) is 0 Å². The Kier molecular flexibility index (Phi) is 7.55. The van der Waals surface area contributed by atoms with Crippen LogP contribution in [0.15, 0.2) is 83.8 Å². The summed E-state index contributed by atoms with van der Waals surface area (Å²) in [5.41, 5.74) is 1.03. The number of rotatable bonds is 9. The van der Waals surface area contributed by atoms with Gasteiger partial charge in [-0.1, -0.05) is 35.9 Å². The molecule has 0 atom stereocenters. The Morgan fingerprint density at radius 1 is 1.00 bits per heavy atom. The fraction of sp³-hybridized carbons (Fsp3) is 0.174. The molecule has 0 saturated heterocycles. The molecule has 162 valence electrons. The van der Waals surface area contributed by atoms with Gasteiger partial charge in [0.25, 0.3) is 15.9 Å². The average molecular weight is 459 g/mol. The number of nitrogens with zero attached hydrogens (tertiary/aromatic N) is 1. The Morgan fingerprint density at radius 3 is 2.39 bits per heavy atom. The number of halogens is 1. The van der Waals surface area contributed by atoms with Crippen molar-refractivity contribution in [1.82, 2.24) is 5.32 Å². The van der Waals surface area contributed by atoms with E-state index in [2.05, 4.69) is 5.32 Å². The molecule has 0 aliphatic heterocycles. The van der Waals surface area contributed by atoms with Crippen molar-refractivity contribution in [2.45, 2.75) is 11.3 Å². The van der Waals surface area contributed by atoms with E-state index < -0.39 is 10.0 Å². The molecule has 3 aromatic rings. The summed E-state index contributed by atoms with van der Waals surface area (Å²) < 4.78 is 33.0. The number of carbonyl (C=O) groups is 1. The number of hydrogen-bond donors (Lipinski definition) is 1. The molecule has 0 saturated carbocycles. The zero-order valence-electron chi connectivity index (χ0n) is 17.0. The first-order chi connectivity index (χ1) is 14.9. The Balaban J connectivity index is 1.70. The highest BCUT2D eigenvalue weighted by molar-refractivity contribution is 7.92. The normalized spacial score (nSPS) is 11.0. The van der Waals surface area contributed by atoms with Gasteiger partial charge in [0, 0.05) is 23.7 Å². The monoisotopic (exact) mass is 458 g/mol. The summed E-state index contributed by atoms with van der Waals surface area (Å²) in [5.74, 6) is 0.350. The molecule has 0 heterocycles. The Morgan fingerprint density at radius 2 is 1.71 bits per heavy atom. The van der Waals surface area contributed by atoms with E-state index in [1.165, 1.54) is 23.5 Å². The first-order valence-electron chi connectivity index (χ1n) is 9.67. The van der Waals surface area contributed by atoms with Crippen LogP contribution in [0.25, 0.3) is 0 Å². The van der Waals surface area contributed by atoms with E-state index in [1.807, 2.05) is 6.07 Å². The summed E-state index contributed by atoms with van der Waals surface area (Å²) in [4.78, 5) is 12.5. The molecule has 0 aliphatic carbocycles. The first-order valence-corrected chi connectivity index (χ1v) is 11.5. The minimum Gasteiger partial charge on any atom is -0.497 e. The van der Waals surface area contributed by atoms with Crippen LogP contribution < -0.4 is 14.4 Å². The number of carbonyl (C=O) groups excluding carboxylic acids is 1. The number of anilines is 1. The Labute approximate surface area is 187 Å². The summed E-state index contributed by atoms with van der Waals surface area (Å²) >= 11 is 5.90. The van der Waals surface area contributed by atoms with E-state index in [4.69, 9.17) is 16.3 Å². The highest BCUT2D eigenvalue weighted by atomic mass is 35.5. The molecular weight excluding hydrogens is 436 g/mol. The molecule has 1 N–H and O–H groups in total. The van der Waals surface area contributed by atoms with Gasteiger partial charge in [-0.05, 0) is 61.0 Å². The molecule has 0 unspecified atom stereocenters. The van der Waals surface area contributed by atoms with Crippen molar-refractivity contribution in [3.63, 3.8) is 0 Å². The van der Waals surface area contributed by atoms with Crippen LogP contribution in [0.2, 0.25) is 5.02 Å². The number of nitrogens with one attached hydrogen (secondary N) is 1. The fourth-order valence-corrected chi connectivity index (χ4v) is 4.64. The first kappa shape index (κ1) is 22.7. The van der Waals surface area contributed by atoms with E-state index in [1.54, 1.807) is 60.7 Å². The third-order valence-corrected chi connectivity index (χ3v) is 6.69. The van der Waals surface area contributed by atoms with E-state index in [9.17, 15) is 13.2 Å². The van der Waals surface area contributed by atoms with Gasteiger partial charge in [0.1, 0.15) is 5.75 Å². The smallest absolute Gasteiger partial charge is 0.264 e. The van der Waals surface area contributed by atoms with Crippen LogP contribution in [0.1, 0.15) is 16.8 Å². The number of para-hydroxylation sites is 1. The third kappa shape index (κ3) is 5.77. The van der Waals surface area contributed by atoms with Crippen molar-refractivity contribution in [3.05, 3.63) is 89.4 Å². The predicted octanol–water partition coefficient (Wildman–Crippen LogP) is 4.36. The van der Waals surface area contributed by atoms with Crippen LogP contribution in [0.4, 0.5) is 5.69 Å². The molecule has 8 heteroatoms. The molecule has 31 heavy (non-hydrogen) atoms. The molecule has 0 aromatic heterocycles. The second-order valence-electron chi connectivity index (χ2n) is 6.71. The van der Waals surface area contributed by atoms with Gasteiger partial charge in [-0.15, -0.1) is 0 Å². The van der Waals surface area contributed by atoms with Crippen LogP contribution in [0, 0.1) is 0 Å². The predicted molar refractivity (Wildman–Crippen MR) is 122 cm³/mol. The van der Waals surface area contributed by atoms with Crippen LogP contribution in [0.3, 0.4) is 0 Å². The van der Waals surface area contributed by atoms with E-state index in [-0.39, 0.29) is 17.3 Å². The Bertz CT molecular complexity index is 1120. The number of methoxy groups -OCH3 is 1. The molecule has 1 amide bonds. The van der Waals surface area contributed by atoms with Crippen molar-refractivity contribution in [3.8, 4) is 5.75 Å². The molecule has 0 aliphatic rings. The lowest BCUT2D eigenvalue weighted by Crippen LogP contribution is -2.34. The number of ether oxygens (including phenoxy) is 1. The van der Waals surface area contributed by atoms with Crippen molar-refractivity contribution >= 4 is 33.2 Å². The van der Waals surface area contributed by atoms with Gasteiger partial charge in [0.05, 0.1) is 17.7 Å². The zero-order valence-corrected chi connectivity index (χ0v) is 18.6. The van der Waals surface area contributed by atoms with Crippen molar-refractivity contribution in [2.24, 2.45) is 0 Å². The summed E-state index contributed by atoms with van der Waals surface area (Å²) in [6.07, 6.45) is 0.428. The highest BCUT2D eigenvalue weighted by Crippen LogP contribution is 2.24. The molecule has 3 rings (SSSR count). The van der Waals surface area contributed by atoms with Crippen molar-refractivity contribution < 1.29 is 17.9 Å². The van der Waals surface area contributed by atoms with Crippen LogP contribution in [-0.4, -0.2) is 34.5 Å². The van der Waals surface area contributed by atoms with Crippen LogP contribution in [0.5, 0.6) is 5.75 Å². The highest BCUT2D eigenvalue weighted by Gasteiger charge is 2.24. The number of sulfonamides is 1. The molecular formula is C23H23ClN2O4S. The summed E-state index contributed by atoms with van der Waals surface area (Å²) in [7, 11) is -2.25. The van der Waals surface area contributed by atoms with Gasteiger partial charge >= 0.3 is 0 Å². The van der Waals surface area contributed by atoms with Crippen LogP contribution >= 0.6 is 11.6 Å². The lowest BCUT2D eigenvalue weighted by atomic mass is 10.2. The number of hydrogen-bond acceptors (Lipinski definition) is 4.